The lowest BCUT2D eigenvalue weighted by Gasteiger charge is -2.44. The van der Waals surface area contributed by atoms with Gasteiger partial charge in [-0.2, -0.15) is 0 Å². The van der Waals surface area contributed by atoms with Gasteiger partial charge in [-0.15, -0.1) is 0 Å². The molecule has 6 nitrogen and oxygen atoms in total. The minimum atomic E-state index is -2.13. The standard InChI is InChI=1S/C34H61NO5Si/c1-12-18-35-30(37)22-27(40-41(10,11)33(5,6)7)21-26(36)16-17-28-24(4)14-15-25-19-23(3)20-29(31(25)28)39-32(38)34(8,9)13-2/h14-15,19,23-24,26-29,31,36H,12-13,16-18,20-22H2,1-11H3,(H,35,37). The van der Waals surface area contributed by atoms with Crippen LogP contribution in [0.15, 0.2) is 23.8 Å². The molecule has 0 aromatic heterocycles. The van der Waals surface area contributed by atoms with E-state index in [-0.39, 0.29) is 47.4 Å². The van der Waals surface area contributed by atoms with Gasteiger partial charge < -0.3 is 19.6 Å². The number of hydrogen-bond donors (Lipinski definition) is 2. The highest BCUT2D eigenvalue weighted by Gasteiger charge is 2.43. The maximum Gasteiger partial charge on any atom is 0.311 e. The van der Waals surface area contributed by atoms with Gasteiger partial charge in [0.2, 0.25) is 5.91 Å². The fourth-order valence-corrected chi connectivity index (χ4v) is 7.15. The molecule has 7 unspecified atom stereocenters. The monoisotopic (exact) mass is 591 g/mol. The van der Waals surface area contributed by atoms with Crippen LogP contribution in [0.1, 0.15) is 107 Å². The Morgan fingerprint density at radius 2 is 1.80 bits per heavy atom. The summed E-state index contributed by atoms with van der Waals surface area (Å²) in [6.45, 7) is 24.1. The third kappa shape index (κ3) is 10.1. The number of amides is 1. The minimum Gasteiger partial charge on any atom is -0.461 e. The van der Waals surface area contributed by atoms with Gasteiger partial charge in [0.05, 0.1) is 24.0 Å². The molecule has 0 fully saturated rings. The topological polar surface area (TPSA) is 84.9 Å². The van der Waals surface area contributed by atoms with E-state index < -0.39 is 19.8 Å². The molecule has 41 heavy (non-hydrogen) atoms. The fraction of sp³-hybridized carbons (Fsp3) is 0.824. The van der Waals surface area contributed by atoms with Gasteiger partial charge >= 0.3 is 5.97 Å². The Hall–Kier alpha value is -1.44. The summed E-state index contributed by atoms with van der Waals surface area (Å²) in [6.07, 6.45) is 10.4. The van der Waals surface area contributed by atoms with E-state index in [1.165, 1.54) is 5.57 Å². The highest BCUT2D eigenvalue weighted by molar-refractivity contribution is 6.74. The van der Waals surface area contributed by atoms with Crippen molar-refractivity contribution >= 4 is 20.2 Å². The van der Waals surface area contributed by atoms with E-state index >= 15 is 0 Å². The number of hydrogen-bond acceptors (Lipinski definition) is 5. The number of fused-ring (bicyclic) bond motifs is 1. The highest BCUT2D eigenvalue weighted by Crippen LogP contribution is 2.45. The van der Waals surface area contributed by atoms with Crippen LogP contribution in [0.25, 0.3) is 0 Å². The molecule has 2 N–H and O–H groups in total. The molecule has 1 amide bonds. The molecule has 7 atom stereocenters. The van der Waals surface area contributed by atoms with Gasteiger partial charge in [-0.05, 0) is 93.8 Å². The molecule has 0 aliphatic heterocycles. The summed E-state index contributed by atoms with van der Waals surface area (Å²) in [5.74, 6) is 0.932. The van der Waals surface area contributed by atoms with Crippen LogP contribution in [-0.4, -0.2) is 50.2 Å². The normalized spacial score (nSPS) is 26.5. The van der Waals surface area contributed by atoms with Crippen molar-refractivity contribution in [1.29, 1.82) is 0 Å². The maximum atomic E-state index is 13.1. The number of aliphatic hydroxyl groups is 1. The number of ether oxygens (including phenoxy) is 1. The number of carbonyl (C=O) groups is 2. The van der Waals surface area contributed by atoms with E-state index in [2.05, 4.69) is 71.3 Å². The number of nitrogens with one attached hydrogen (secondary N) is 1. The lowest BCUT2D eigenvalue weighted by atomic mass is 9.65. The lowest BCUT2D eigenvalue weighted by molar-refractivity contribution is -0.164. The van der Waals surface area contributed by atoms with E-state index in [1.54, 1.807) is 0 Å². The van der Waals surface area contributed by atoms with Crippen molar-refractivity contribution in [2.24, 2.45) is 29.1 Å². The summed E-state index contributed by atoms with van der Waals surface area (Å²) in [7, 11) is -2.13. The molecule has 2 aliphatic rings. The summed E-state index contributed by atoms with van der Waals surface area (Å²) in [5.41, 5.74) is 0.759. The lowest BCUT2D eigenvalue weighted by Crippen LogP contribution is -2.46. The molecule has 0 bridgehead atoms. The Kier molecular flexibility index (Phi) is 12.9. The predicted octanol–water partition coefficient (Wildman–Crippen LogP) is 7.58. The minimum absolute atomic E-state index is 0.0135. The molecule has 0 aromatic rings. The number of carbonyl (C=O) groups excluding carboxylic acids is 2. The zero-order valence-corrected chi connectivity index (χ0v) is 29.0. The quantitative estimate of drug-likeness (QED) is 0.161. The molecule has 2 aliphatic carbocycles. The van der Waals surface area contributed by atoms with Crippen molar-refractivity contribution in [3.05, 3.63) is 23.8 Å². The van der Waals surface area contributed by atoms with E-state index in [1.807, 2.05) is 27.7 Å². The van der Waals surface area contributed by atoms with Crippen LogP contribution in [0.4, 0.5) is 0 Å². The zero-order chi connectivity index (χ0) is 31.2. The van der Waals surface area contributed by atoms with Crippen LogP contribution in [0, 0.1) is 29.1 Å². The summed E-state index contributed by atoms with van der Waals surface area (Å²) in [5, 5.41) is 14.3. The van der Waals surface area contributed by atoms with Gasteiger partial charge in [0.1, 0.15) is 6.10 Å². The maximum absolute atomic E-state index is 13.1. The highest BCUT2D eigenvalue weighted by atomic mass is 28.4. The molecule has 0 saturated carbocycles. The summed E-state index contributed by atoms with van der Waals surface area (Å²) in [6, 6.07) is 0. The van der Waals surface area contributed by atoms with Gasteiger partial charge in [-0.1, -0.05) is 66.7 Å². The molecule has 0 saturated heterocycles. The first-order valence-electron chi connectivity index (χ1n) is 16.1. The SMILES string of the molecule is CCCNC(=O)CC(CC(O)CCC1C(C)C=CC2=CC(C)CC(OC(=O)C(C)(C)CC)C21)O[Si](C)(C)C(C)(C)C. The van der Waals surface area contributed by atoms with E-state index in [4.69, 9.17) is 9.16 Å². The van der Waals surface area contributed by atoms with Crippen molar-refractivity contribution in [2.45, 2.75) is 144 Å². The Labute approximate surface area is 252 Å². The molecule has 2 rings (SSSR count). The van der Waals surface area contributed by atoms with Gasteiger partial charge in [0, 0.05) is 12.5 Å². The predicted molar refractivity (Wildman–Crippen MR) is 171 cm³/mol. The summed E-state index contributed by atoms with van der Waals surface area (Å²) < 4.78 is 12.9. The smallest absolute Gasteiger partial charge is 0.311 e. The largest absolute Gasteiger partial charge is 0.461 e. The van der Waals surface area contributed by atoms with Crippen molar-refractivity contribution in [3.8, 4) is 0 Å². The first-order chi connectivity index (χ1) is 18.9. The van der Waals surface area contributed by atoms with Crippen LogP contribution < -0.4 is 5.32 Å². The number of esters is 1. The zero-order valence-electron chi connectivity index (χ0n) is 28.0. The van der Waals surface area contributed by atoms with Crippen LogP contribution >= 0.6 is 0 Å². The van der Waals surface area contributed by atoms with Crippen LogP contribution in [-0.2, 0) is 18.8 Å². The molecule has 0 spiro atoms. The molecular weight excluding hydrogens is 530 g/mol. The number of aliphatic hydroxyl groups excluding tert-OH is 1. The second kappa shape index (κ2) is 14.8. The van der Waals surface area contributed by atoms with E-state index in [0.717, 1.165) is 25.7 Å². The Morgan fingerprint density at radius 1 is 1.15 bits per heavy atom. The number of rotatable bonds is 14. The fourth-order valence-electron chi connectivity index (χ4n) is 5.78. The van der Waals surface area contributed by atoms with Crippen LogP contribution in [0.5, 0.6) is 0 Å². The van der Waals surface area contributed by atoms with Gasteiger partial charge in [0.15, 0.2) is 8.32 Å². The molecule has 236 valence electrons. The van der Waals surface area contributed by atoms with Gasteiger partial charge in [0.25, 0.3) is 0 Å². The second-order valence-corrected chi connectivity index (χ2v) is 19.7. The third-order valence-electron chi connectivity index (χ3n) is 9.91. The number of allylic oxidation sites excluding steroid dienone is 3. The average Bonchev–Trinajstić information content (AvgIpc) is 2.85. The van der Waals surface area contributed by atoms with Crippen molar-refractivity contribution in [2.75, 3.05) is 6.54 Å². The molecule has 0 radical (unpaired) electrons. The van der Waals surface area contributed by atoms with Gasteiger partial charge in [-0.3, -0.25) is 9.59 Å². The average molecular weight is 592 g/mol. The first-order valence-corrected chi connectivity index (χ1v) is 19.1. The molecule has 7 heteroatoms. The first kappa shape index (κ1) is 35.8. The van der Waals surface area contributed by atoms with Crippen molar-refractivity contribution in [1.82, 2.24) is 5.32 Å². The summed E-state index contributed by atoms with van der Waals surface area (Å²) in [4.78, 5) is 25.8. The second-order valence-electron chi connectivity index (χ2n) is 15.0. The Bertz CT molecular complexity index is 934. The van der Waals surface area contributed by atoms with Crippen LogP contribution in [0.2, 0.25) is 18.1 Å². The Balaban J connectivity index is 2.18. The van der Waals surface area contributed by atoms with Crippen LogP contribution in [0.3, 0.4) is 0 Å². The van der Waals surface area contributed by atoms with Crippen molar-refractivity contribution < 1.29 is 23.9 Å². The van der Waals surface area contributed by atoms with E-state index in [9.17, 15) is 14.7 Å². The molecule has 0 heterocycles. The summed E-state index contributed by atoms with van der Waals surface area (Å²) >= 11 is 0. The van der Waals surface area contributed by atoms with E-state index in [0.29, 0.717) is 31.2 Å². The van der Waals surface area contributed by atoms with Gasteiger partial charge in [-0.25, -0.2) is 0 Å². The molecule has 0 aromatic carbocycles. The Morgan fingerprint density at radius 3 is 2.39 bits per heavy atom. The molecular formula is C34H61NO5Si. The third-order valence-corrected chi connectivity index (χ3v) is 14.4. The van der Waals surface area contributed by atoms with Crippen molar-refractivity contribution in [3.63, 3.8) is 0 Å².